The Morgan fingerprint density at radius 3 is 2.38 bits per heavy atom. The van der Waals surface area contributed by atoms with Gasteiger partial charge in [-0.2, -0.15) is 0 Å². The van der Waals surface area contributed by atoms with Crippen molar-refractivity contribution in [3.05, 3.63) is 0 Å². The Morgan fingerprint density at radius 2 is 1.92 bits per heavy atom. The molecule has 0 saturated carbocycles. The molecule has 0 spiro atoms. The van der Waals surface area contributed by atoms with Gasteiger partial charge in [0.25, 0.3) is 0 Å². The summed E-state index contributed by atoms with van der Waals surface area (Å²) < 4.78 is 24.0. The molecule has 0 bridgehead atoms. The van der Waals surface area contributed by atoms with Crippen molar-refractivity contribution in [2.75, 3.05) is 26.8 Å². The topological polar surface area (TPSA) is 38.8 Å². The summed E-state index contributed by atoms with van der Waals surface area (Å²) in [5, 5.41) is 0. The second-order valence-corrected chi connectivity index (χ2v) is 5.21. The zero-order valence-corrected chi connectivity index (χ0v) is 9.26. The van der Waals surface area contributed by atoms with Gasteiger partial charge in [-0.25, -0.2) is 9.24 Å². The van der Waals surface area contributed by atoms with Gasteiger partial charge in [-0.1, -0.05) is 6.42 Å². The van der Waals surface area contributed by atoms with Crippen molar-refractivity contribution in [1.82, 2.24) is 4.67 Å². The Kier molecular flexibility index (Phi) is 4.39. The summed E-state index contributed by atoms with van der Waals surface area (Å²) in [5.41, 5.74) is 0. The highest BCUT2D eigenvalue weighted by Crippen LogP contribution is 2.52. The molecule has 4 nitrogen and oxygen atoms in total. The first-order valence-corrected chi connectivity index (χ1v) is 6.28. The van der Waals surface area contributed by atoms with Crippen molar-refractivity contribution in [2.45, 2.75) is 26.2 Å². The lowest BCUT2D eigenvalue weighted by molar-refractivity contribution is 0.174. The van der Waals surface area contributed by atoms with Crippen LogP contribution in [0.15, 0.2) is 0 Å². The van der Waals surface area contributed by atoms with E-state index in [1.54, 1.807) is 0 Å². The molecule has 0 aromatic heterocycles. The molecule has 0 aliphatic carbocycles. The summed E-state index contributed by atoms with van der Waals surface area (Å²) in [4.78, 5) is 0. The summed E-state index contributed by atoms with van der Waals surface area (Å²) in [6, 6.07) is 0. The molecule has 0 aromatic carbocycles. The van der Waals surface area contributed by atoms with Crippen molar-refractivity contribution in [3.63, 3.8) is 0 Å². The molecular weight excluding hydrogens is 189 g/mol. The van der Waals surface area contributed by atoms with Crippen LogP contribution in [0.1, 0.15) is 26.2 Å². The number of piperidine rings is 1. The van der Waals surface area contributed by atoms with Crippen LogP contribution in [0.4, 0.5) is 0 Å². The second kappa shape index (κ2) is 5.11. The van der Waals surface area contributed by atoms with Gasteiger partial charge in [-0.3, -0.25) is 9.05 Å². The quantitative estimate of drug-likeness (QED) is 0.663. The smallest absolute Gasteiger partial charge is 0.300 e. The molecule has 0 aromatic rings. The second-order valence-electron chi connectivity index (χ2n) is 3.08. The maximum Gasteiger partial charge on any atom is 0.407 e. The van der Waals surface area contributed by atoms with Crippen LogP contribution >= 0.6 is 7.75 Å². The minimum absolute atomic E-state index is 0.432. The SMILES string of the molecule is CCOP(=O)(OC)N1CCCCC1. The summed E-state index contributed by atoms with van der Waals surface area (Å²) in [6.07, 6.45) is 3.38. The fraction of sp³-hybridized carbons (Fsp3) is 1.00. The number of nitrogens with zero attached hydrogens (tertiary/aromatic N) is 1. The first kappa shape index (κ1) is 11.2. The van der Waals surface area contributed by atoms with Gasteiger partial charge in [-0.15, -0.1) is 0 Å². The molecule has 13 heavy (non-hydrogen) atoms. The van der Waals surface area contributed by atoms with Crippen molar-refractivity contribution in [1.29, 1.82) is 0 Å². The molecule has 1 rings (SSSR count). The minimum Gasteiger partial charge on any atom is -0.300 e. The van der Waals surface area contributed by atoms with Crippen LogP contribution < -0.4 is 0 Å². The van der Waals surface area contributed by atoms with Crippen LogP contribution in [0.3, 0.4) is 0 Å². The average molecular weight is 207 g/mol. The predicted molar refractivity (Wildman–Crippen MR) is 51.7 cm³/mol. The van der Waals surface area contributed by atoms with E-state index < -0.39 is 7.75 Å². The molecule has 1 saturated heterocycles. The van der Waals surface area contributed by atoms with Gasteiger partial charge in [0.05, 0.1) is 6.61 Å². The van der Waals surface area contributed by atoms with Gasteiger partial charge < -0.3 is 0 Å². The van der Waals surface area contributed by atoms with Gasteiger partial charge in [0.15, 0.2) is 0 Å². The van der Waals surface area contributed by atoms with Gasteiger partial charge in [0.2, 0.25) is 0 Å². The van der Waals surface area contributed by atoms with Gasteiger partial charge in [0, 0.05) is 20.2 Å². The van der Waals surface area contributed by atoms with E-state index in [0.717, 1.165) is 25.9 Å². The maximum atomic E-state index is 12.0. The largest absolute Gasteiger partial charge is 0.407 e. The molecule has 1 aliphatic rings. The lowest BCUT2D eigenvalue weighted by Gasteiger charge is -2.31. The highest BCUT2D eigenvalue weighted by atomic mass is 31.2. The highest BCUT2D eigenvalue weighted by molar-refractivity contribution is 7.51. The normalized spacial score (nSPS) is 24.2. The molecular formula is C8H18NO3P. The van der Waals surface area contributed by atoms with Crippen LogP contribution in [-0.4, -0.2) is 31.5 Å². The Balaban J connectivity index is 2.57. The maximum absolute atomic E-state index is 12.0. The molecule has 0 amide bonds. The van der Waals surface area contributed by atoms with Crippen molar-refractivity contribution >= 4 is 7.75 Å². The lowest BCUT2D eigenvalue weighted by Crippen LogP contribution is -2.28. The monoisotopic (exact) mass is 207 g/mol. The van der Waals surface area contributed by atoms with Crippen molar-refractivity contribution in [3.8, 4) is 0 Å². The zero-order valence-electron chi connectivity index (χ0n) is 8.36. The minimum atomic E-state index is -2.94. The van der Waals surface area contributed by atoms with Crippen LogP contribution in [-0.2, 0) is 13.6 Å². The third-order valence-corrected chi connectivity index (χ3v) is 4.34. The van der Waals surface area contributed by atoms with E-state index in [1.807, 2.05) is 11.6 Å². The molecule has 1 heterocycles. The fourth-order valence-electron chi connectivity index (χ4n) is 1.54. The Labute approximate surface area is 79.8 Å². The predicted octanol–water partition coefficient (Wildman–Crippen LogP) is 2.26. The summed E-state index contributed by atoms with van der Waals surface area (Å²) >= 11 is 0. The van der Waals surface area contributed by atoms with E-state index in [1.165, 1.54) is 13.5 Å². The van der Waals surface area contributed by atoms with Crippen molar-refractivity contribution in [2.24, 2.45) is 0 Å². The molecule has 1 atom stereocenters. The van der Waals surface area contributed by atoms with E-state index in [9.17, 15) is 4.57 Å². The summed E-state index contributed by atoms with van der Waals surface area (Å²) in [6.45, 7) is 3.91. The first-order valence-electron chi connectivity index (χ1n) is 4.78. The van der Waals surface area contributed by atoms with E-state index in [0.29, 0.717) is 6.61 Å². The molecule has 0 radical (unpaired) electrons. The average Bonchev–Trinajstić information content (AvgIpc) is 2.19. The van der Waals surface area contributed by atoms with E-state index >= 15 is 0 Å². The van der Waals surface area contributed by atoms with Crippen molar-refractivity contribution < 1.29 is 13.6 Å². The molecule has 5 heteroatoms. The Hall–Kier alpha value is 0.110. The van der Waals surface area contributed by atoms with Gasteiger partial charge in [0.1, 0.15) is 0 Å². The third kappa shape index (κ3) is 2.78. The van der Waals surface area contributed by atoms with Crippen LogP contribution in [0.25, 0.3) is 0 Å². The molecule has 1 unspecified atom stereocenters. The summed E-state index contributed by atoms with van der Waals surface area (Å²) in [5.74, 6) is 0. The van der Waals surface area contributed by atoms with E-state index in [2.05, 4.69) is 0 Å². The number of rotatable bonds is 4. The Morgan fingerprint density at radius 1 is 1.31 bits per heavy atom. The Bertz CT molecular complexity index is 192. The van der Waals surface area contributed by atoms with E-state index in [4.69, 9.17) is 9.05 Å². The highest BCUT2D eigenvalue weighted by Gasteiger charge is 2.32. The lowest BCUT2D eigenvalue weighted by atomic mass is 10.2. The van der Waals surface area contributed by atoms with Crippen LogP contribution in [0.2, 0.25) is 0 Å². The molecule has 78 valence electrons. The summed E-state index contributed by atoms with van der Waals surface area (Å²) in [7, 11) is -1.49. The third-order valence-electron chi connectivity index (χ3n) is 2.20. The molecule has 1 fully saturated rings. The fourth-order valence-corrected chi connectivity index (χ4v) is 3.13. The number of hydrogen-bond donors (Lipinski definition) is 0. The van der Waals surface area contributed by atoms with Gasteiger partial charge in [-0.05, 0) is 19.8 Å². The van der Waals surface area contributed by atoms with E-state index in [-0.39, 0.29) is 0 Å². The first-order chi connectivity index (χ1) is 6.23. The zero-order chi connectivity index (χ0) is 9.73. The van der Waals surface area contributed by atoms with Gasteiger partial charge >= 0.3 is 7.75 Å². The van der Waals surface area contributed by atoms with Crippen LogP contribution in [0.5, 0.6) is 0 Å². The number of hydrogen-bond acceptors (Lipinski definition) is 3. The molecule has 1 aliphatic heterocycles. The van der Waals surface area contributed by atoms with Crippen LogP contribution in [0, 0.1) is 0 Å². The standard InChI is InChI=1S/C8H18NO3P/c1-3-12-13(10,11-2)9-7-5-4-6-8-9/h3-8H2,1-2H3. The molecule has 0 N–H and O–H groups in total.